The molecule has 4 rings (SSSR count). The Morgan fingerprint density at radius 1 is 1.07 bits per heavy atom. The van der Waals surface area contributed by atoms with E-state index >= 15 is 0 Å². The first-order valence-corrected chi connectivity index (χ1v) is 10.7. The van der Waals surface area contributed by atoms with Gasteiger partial charge in [0.05, 0.1) is 6.54 Å². The minimum Gasteiger partial charge on any atom is -0.488 e. The average Bonchev–Trinajstić information content (AvgIpc) is 2.98. The summed E-state index contributed by atoms with van der Waals surface area (Å²) in [5.74, 6) is 0.967. The number of benzene rings is 1. The van der Waals surface area contributed by atoms with Gasteiger partial charge in [0.15, 0.2) is 0 Å². The predicted octanol–water partition coefficient (Wildman–Crippen LogP) is 3.05. The molecular formula is C23H29FN4O2. The van der Waals surface area contributed by atoms with Gasteiger partial charge in [0.25, 0.3) is 5.91 Å². The third-order valence-electron chi connectivity index (χ3n) is 5.76. The van der Waals surface area contributed by atoms with Crippen LogP contribution in [0.2, 0.25) is 0 Å². The number of likely N-dealkylation sites (tertiary alicyclic amines) is 1. The highest BCUT2D eigenvalue weighted by Crippen LogP contribution is 2.21. The summed E-state index contributed by atoms with van der Waals surface area (Å²) in [6, 6.07) is 11.8. The van der Waals surface area contributed by atoms with E-state index in [0.29, 0.717) is 24.5 Å². The first-order chi connectivity index (χ1) is 14.6. The van der Waals surface area contributed by atoms with Crippen LogP contribution in [0.4, 0.5) is 10.2 Å². The highest BCUT2D eigenvalue weighted by molar-refractivity contribution is 5.92. The molecule has 2 aliphatic rings. The van der Waals surface area contributed by atoms with E-state index in [-0.39, 0.29) is 17.8 Å². The Balaban J connectivity index is 1.42. The van der Waals surface area contributed by atoms with Crippen molar-refractivity contribution in [1.29, 1.82) is 0 Å². The van der Waals surface area contributed by atoms with Crippen LogP contribution in [0.15, 0.2) is 42.5 Å². The molecule has 2 saturated heterocycles. The summed E-state index contributed by atoms with van der Waals surface area (Å²) in [6.45, 7) is 5.09. The van der Waals surface area contributed by atoms with Crippen molar-refractivity contribution in [3.8, 4) is 5.75 Å². The lowest BCUT2D eigenvalue weighted by Gasteiger charge is -2.33. The molecule has 1 aromatic heterocycles. The summed E-state index contributed by atoms with van der Waals surface area (Å²) in [5.41, 5.74) is 0.469. The summed E-state index contributed by atoms with van der Waals surface area (Å²) < 4.78 is 19.4. The number of halogens is 1. The van der Waals surface area contributed by atoms with Gasteiger partial charge in [-0.25, -0.2) is 9.37 Å². The number of hydrogen-bond acceptors (Lipinski definition) is 5. The van der Waals surface area contributed by atoms with Gasteiger partial charge in [-0.05, 0) is 57.1 Å². The fourth-order valence-corrected chi connectivity index (χ4v) is 4.11. The molecule has 6 nitrogen and oxygen atoms in total. The fourth-order valence-electron chi connectivity index (χ4n) is 4.11. The lowest BCUT2D eigenvalue weighted by molar-refractivity contribution is 0.0532. The Morgan fingerprint density at radius 3 is 2.80 bits per heavy atom. The number of anilines is 1. The number of nitrogens with zero attached hydrogens (tertiary/aromatic N) is 4. The number of likely N-dealkylation sites (N-methyl/N-ethyl adjacent to an activating group) is 1. The smallest absolute Gasteiger partial charge is 0.272 e. The molecule has 30 heavy (non-hydrogen) atoms. The number of carbonyl (C=O) groups excluding carboxylic acids is 1. The van der Waals surface area contributed by atoms with Gasteiger partial charge in [-0.2, -0.15) is 0 Å². The standard InChI is InChI=1S/C23H29FN4O2/c1-26-11-5-13-27(15-14-26)22-10-3-9-21(25-22)23(29)28-12-4-8-20(17-28)30-19-7-2-6-18(24)16-19/h2-3,6-7,9-10,16,20H,4-5,8,11-15,17H2,1H3. The van der Waals surface area contributed by atoms with Crippen LogP contribution in [0.5, 0.6) is 5.75 Å². The van der Waals surface area contributed by atoms with Crippen LogP contribution < -0.4 is 9.64 Å². The van der Waals surface area contributed by atoms with Crippen LogP contribution in [0.1, 0.15) is 29.8 Å². The molecule has 1 atom stereocenters. The summed E-state index contributed by atoms with van der Waals surface area (Å²) in [6.07, 6.45) is 2.63. The molecule has 2 aromatic rings. The molecule has 0 radical (unpaired) electrons. The van der Waals surface area contributed by atoms with Crippen LogP contribution in [0.25, 0.3) is 0 Å². The Labute approximate surface area is 177 Å². The highest BCUT2D eigenvalue weighted by atomic mass is 19.1. The van der Waals surface area contributed by atoms with E-state index in [2.05, 4.69) is 21.8 Å². The number of amides is 1. The van der Waals surface area contributed by atoms with Crippen LogP contribution in [0, 0.1) is 5.82 Å². The molecule has 0 aliphatic carbocycles. The van der Waals surface area contributed by atoms with Crippen molar-refractivity contribution in [2.24, 2.45) is 0 Å². The van der Waals surface area contributed by atoms with E-state index in [4.69, 9.17) is 4.74 Å². The second-order valence-corrected chi connectivity index (χ2v) is 8.12. The van der Waals surface area contributed by atoms with Crippen LogP contribution >= 0.6 is 0 Å². The van der Waals surface area contributed by atoms with Crippen molar-refractivity contribution < 1.29 is 13.9 Å². The van der Waals surface area contributed by atoms with Crippen molar-refractivity contribution in [2.45, 2.75) is 25.4 Å². The summed E-state index contributed by atoms with van der Waals surface area (Å²) in [5, 5.41) is 0. The Morgan fingerprint density at radius 2 is 1.93 bits per heavy atom. The molecule has 160 valence electrons. The minimum atomic E-state index is -0.322. The molecule has 7 heteroatoms. The van der Waals surface area contributed by atoms with E-state index in [1.807, 2.05) is 12.1 Å². The van der Waals surface area contributed by atoms with Crippen molar-refractivity contribution >= 4 is 11.7 Å². The first-order valence-electron chi connectivity index (χ1n) is 10.7. The molecule has 0 spiro atoms. The molecule has 2 aliphatic heterocycles. The number of rotatable bonds is 4. The number of pyridine rings is 1. The van der Waals surface area contributed by atoms with Crippen LogP contribution in [-0.4, -0.2) is 73.1 Å². The summed E-state index contributed by atoms with van der Waals surface area (Å²) in [7, 11) is 2.13. The van der Waals surface area contributed by atoms with E-state index in [9.17, 15) is 9.18 Å². The van der Waals surface area contributed by atoms with Gasteiger partial charge in [0.1, 0.15) is 29.2 Å². The topological polar surface area (TPSA) is 48.9 Å². The first kappa shape index (κ1) is 20.6. The quantitative estimate of drug-likeness (QED) is 0.773. The van der Waals surface area contributed by atoms with E-state index in [1.165, 1.54) is 12.1 Å². The normalized spacial score (nSPS) is 20.7. The van der Waals surface area contributed by atoms with E-state index in [0.717, 1.165) is 51.3 Å². The molecule has 0 bridgehead atoms. The van der Waals surface area contributed by atoms with Crippen molar-refractivity contribution in [3.05, 3.63) is 54.0 Å². The van der Waals surface area contributed by atoms with Crippen molar-refractivity contribution in [1.82, 2.24) is 14.8 Å². The maximum Gasteiger partial charge on any atom is 0.272 e. The molecule has 2 fully saturated rings. The summed E-state index contributed by atoms with van der Waals surface area (Å²) >= 11 is 0. The highest BCUT2D eigenvalue weighted by Gasteiger charge is 2.27. The number of hydrogen-bond donors (Lipinski definition) is 0. The van der Waals surface area contributed by atoms with Crippen LogP contribution in [-0.2, 0) is 0 Å². The largest absolute Gasteiger partial charge is 0.488 e. The van der Waals surface area contributed by atoms with Gasteiger partial charge in [-0.15, -0.1) is 0 Å². The fraction of sp³-hybridized carbons (Fsp3) is 0.478. The van der Waals surface area contributed by atoms with Crippen molar-refractivity contribution in [2.75, 3.05) is 51.2 Å². The molecule has 3 heterocycles. The Kier molecular flexibility index (Phi) is 6.47. The van der Waals surface area contributed by atoms with E-state index < -0.39 is 0 Å². The zero-order valence-electron chi connectivity index (χ0n) is 17.5. The Hall–Kier alpha value is -2.67. The van der Waals surface area contributed by atoms with Gasteiger partial charge in [0.2, 0.25) is 0 Å². The van der Waals surface area contributed by atoms with E-state index in [1.54, 1.807) is 23.1 Å². The zero-order chi connectivity index (χ0) is 20.9. The second kappa shape index (κ2) is 9.43. The summed E-state index contributed by atoms with van der Waals surface area (Å²) in [4.78, 5) is 24.2. The maximum atomic E-state index is 13.4. The average molecular weight is 413 g/mol. The number of piperidine rings is 1. The maximum absolute atomic E-state index is 13.4. The van der Waals surface area contributed by atoms with Gasteiger partial charge < -0.3 is 19.4 Å². The third kappa shape index (κ3) is 5.08. The molecule has 1 unspecified atom stereocenters. The lowest BCUT2D eigenvalue weighted by Crippen LogP contribution is -2.44. The molecule has 1 amide bonds. The SMILES string of the molecule is CN1CCCN(c2cccc(C(=O)N3CCCC(Oc4cccc(F)c4)C3)n2)CC1. The zero-order valence-corrected chi connectivity index (χ0v) is 17.5. The molecule has 1 aromatic carbocycles. The predicted molar refractivity (Wildman–Crippen MR) is 115 cm³/mol. The van der Waals surface area contributed by atoms with Crippen molar-refractivity contribution in [3.63, 3.8) is 0 Å². The van der Waals surface area contributed by atoms with Crippen LogP contribution in [0.3, 0.4) is 0 Å². The molecule has 0 saturated carbocycles. The monoisotopic (exact) mass is 412 g/mol. The lowest BCUT2D eigenvalue weighted by atomic mass is 10.1. The van der Waals surface area contributed by atoms with Gasteiger partial charge in [0, 0.05) is 32.2 Å². The van der Waals surface area contributed by atoms with Gasteiger partial charge >= 0.3 is 0 Å². The number of aromatic nitrogens is 1. The number of carbonyl (C=O) groups is 1. The Bertz CT molecular complexity index is 878. The molecule has 0 N–H and O–H groups in total. The van der Waals surface area contributed by atoms with Gasteiger partial charge in [-0.3, -0.25) is 4.79 Å². The minimum absolute atomic E-state index is 0.0728. The number of ether oxygens (including phenoxy) is 1. The third-order valence-corrected chi connectivity index (χ3v) is 5.76. The second-order valence-electron chi connectivity index (χ2n) is 8.12. The molecular weight excluding hydrogens is 383 g/mol. The van der Waals surface area contributed by atoms with Gasteiger partial charge in [-0.1, -0.05) is 12.1 Å².